The van der Waals surface area contributed by atoms with E-state index in [-0.39, 0.29) is 0 Å². The summed E-state index contributed by atoms with van der Waals surface area (Å²) in [5, 5.41) is 11.6. The summed E-state index contributed by atoms with van der Waals surface area (Å²) in [4.78, 5) is 2.17. The molecule has 0 saturated heterocycles. The quantitative estimate of drug-likeness (QED) is 0.848. The third kappa shape index (κ3) is 3.52. The molecular formula is C15H18F3N5. The van der Waals surface area contributed by atoms with E-state index in [1.807, 2.05) is 7.05 Å². The summed E-state index contributed by atoms with van der Waals surface area (Å²) >= 11 is 0. The highest BCUT2D eigenvalue weighted by molar-refractivity contribution is 5.35. The molecule has 1 aromatic carbocycles. The van der Waals surface area contributed by atoms with Crippen LogP contribution in [0.3, 0.4) is 0 Å². The number of tetrazole rings is 1. The lowest BCUT2D eigenvalue weighted by atomic mass is 10.2. The monoisotopic (exact) mass is 325 g/mol. The van der Waals surface area contributed by atoms with E-state index in [2.05, 4.69) is 27.3 Å². The number of nitrogens with zero attached hydrogens (tertiary/aromatic N) is 5. The molecule has 1 aromatic heterocycles. The smallest absolute Gasteiger partial charge is 0.296 e. The largest absolute Gasteiger partial charge is 0.416 e. The van der Waals surface area contributed by atoms with Gasteiger partial charge in [0.05, 0.1) is 17.8 Å². The third-order valence-electron chi connectivity index (χ3n) is 4.36. The summed E-state index contributed by atoms with van der Waals surface area (Å²) in [6.07, 6.45) is -1.85. The first-order valence-corrected chi connectivity index (χ1v) is 7.51. The summed E-state index contributed by atoms with van der Waals surface area (Å²) in [5.74, 6) is 1.33. The zero-order chi connectivity index (χ0) is 16.6. The zero-order valence-corrected chi connectivity index (χ0v) is 13.0. The highest BCUT2D eigenvalue weighted by atomic mass is 19.4. The molecule has 0 amide bonds. The summed E-state index contributed by atoms with van der Waals surface area (Å²) in [6.45, 7) is 2.72. The molecule has 124 valence electrons. The van der Waals surface area contributed by atoms with Gasteiger partial charge >= 0.3 is 6.18 Å². The minimum Gasteiger partial charge on any atom is -0.296 e. The molecule has 0 spiro atoms. The number of aromatic nitrogens is 4. The number of halogens is 3. The summed E-state index contributed by atoms with van der Waals surface area (Å²) in [5.41, 5.74) is -0.166. The van der Waals surface area contributed by atoms with Crippen LogP contribution in [0.15, 0.2) is 24.3 Å². The van der Waals surface area contributed by atoms with E-state index >= 15 is 0 Å². The highest BCUT2D eigenvalue weighted by Crippen LogP contribution is 2.35. The first kappa shape index (κ1) is 15.9. The topological polar surface area (TPSA) is 46.8 Å². The molecule has 5 nitrogen and oxygen atoms in total. The predicted molar refractivity (Wildman–Crippen MR) is 77.8 cm³/mol. The maximum atomic E-state index is 12.6. The van der Waals surface area contributed by atoms with Gasteiger partial charge in [-0.15, -0.1) is 5.10 Å². The predicted octanol–water partition coefficient (Wildman–Crippen LogP) is 2.91. The van der Waals surface area contributed by atoms with E-state index in [4.69, 9.17) is 0 Å². The highest BCUT2D eigenvalue weighted by Gasteiger charge is 2.31. The zero-order valence-electron chi connectivity index (χ0n) is 13.0. The van der Waals surface area contributed by atoms with E-state index in [1.54, 1.807) is 0 Å². The van der Waals surface area contributed by atoms with Gasteiger partial charge in [0, 0.05) is 6.04 Å². The lowest BCUT2D eigenvalue weighted by Crippen LogP contribution is -2.31. The minimum absolute atomic E-state index is 0.438. The Hall–Kier alpha value is -1.96. The van der Waals surface area contributed by atoms with Gasteiger partial charge in [0.2, 0.25) is 0 Å². The van der Waals surface area contributed by atoms with Gasteiger partial charge in [-0.2, -0.15) is 17.9 Å². The molecule has 1 unspecified atom stereocenters. The van der Waals surface area contributed by atoms with Crippen LogP contribution in [0.1, 0.15) is 31.2 Å². The fourth-order valence-corrected chi connectivity index (χ4v) is 2.60. The van der Waals surface area contributed by atoms with Crippen LogP contribution in [0.5, 0.6) is 0 Å². The average Bonchev–Trinajstić information content (AvgIpc) is 3.26. The van der Waals surface area contributed by atoms with Gasteiger partial charge in [-0.25, -0.2) is 0 Å². The number of hydrogen-bond donors (Lipinski definition) is 0. The van der Waals surface area contributed by atoms with Crippen LogP contribution in [-0.4, -0.2) is 38.2 Å². The van der Waals surface area contributed by atoms with Gasteiger partial charge < -0.3 is 0 Å². The molecule has 3 rings (SSSR count). The van der Waals surface area contributed by atoms with Crippen LogP contribution in [0.4, 0.5) is 13.2 Å². The van der Waals surface area contributed by atoms with Gasteiger partial charge in [-0.1, -0.05) is 0 Å². The minimum atomic E-state index is -4.35. The number of rotatable bonds is 5. The lowest BCUT2D eigenvalue weighted by molar-refractivity contribution is -0.137. The molecule has 0 bridgehead atoms. The van der Waals surface area contributed by atoms with Gasteiger partial charge in [-0.3, -0.25) is 4.90 Å². The SMILES string of the molecule is CC(C1CC1)N(C)Cc1nnnn1-c1ccc(C(F)(F)F)cc1. The summed E-state index contributed by atoms with van der Waals surface area (Å²) < 4.78 is 39.4. The average molecular weight is 325 g/mol. The van der Waals surface area contributed by atoms with Crippen LogP contribution >= 0.6 is 0 Å². The first-order chi connectivity index (χ1) is 10.9. The van der Waals surface area contributed by atoms with Crippen molar-refractivity contribution in [2.24, 2.45) is 5.92 Å². The Morgan fingerprint density at radius 3 is 2.48 bits per heavy atom. The van der Waals surface area contributed by atoms with Crippen LogP contribution in [0.25, 0.3) is 5.69 Å². The number of hydrogen-bond acceptors (Lipinski definition) is 4. The van der Waals surface area contributed by atoms with E-state index < -0.39 is 11.7 Å². The van der Waals surface area contributed by atoms with Crippen molar-refractivity contribution >= 4 is 0 Å². The number of benzene rings is 1. The van der Waals surface area contributed by atoms with Crippen LogP contribution in [-0.2, 0) is 12.7 Å². The third-order valence-corrected chi connectivity index (χ3v) is 4.36. The van der Waals surface area contributed by atoms with Crippen molar-refractivity contribution < 1.29 is 13.2 Å². The molecule has 1 atom stereocenters. The Balaban J connectivity index is 1.77. The van der Waals surface area contributed by atoms with Gasteiger partial charge in [0.15, 0.2) is 5.82 Å². The maximum Gasteiger partial charge on any atom is 0.416 e. The van der Waals surface area contributed by atoms with E-state index in [0.29, 0.717) is 24.1 Å². The fraction of sp³-hybridized carbons (Fsp3) is 0.533. The molecular weight excluding hydrogens is 307 g/mol. The van der Waals surface area contributed by atoms with Gasteiger partial charge in [-0.05, 0) is 67.4 Å². The van der Waals surface area contributed by atoms with Crippen LogP contribution < -0.4 is 0 Å². The molecule has 1 aliphatic rings. The van der Waals surface area contributed by atoms with E-state index in [0.717, 1.165) is 18.1 Å². The molecule has 23 heavy (non-hydrogen) atoms. The molecule has 1 saturated carbocycles. The van der Waals surface area contributed by atoms with E-state index in [1.165, 1.54) is 29.7 Å². The van der Waals surface area contributed by atoms with Gasteiger partial charge in [0.25, 0.3) is 0 Å². The van der Waals surface area contributed by atoms with Crippen molar-refractivity contribution in [3.05, 3.63) is 35.7 Å². The molecule has 2 aromatic rings. The molecule has 0 N–H and O–H groups in total. The van der Waals surface area contributed by atoms with Crippen molar-refractivity contribution in [2.45, 2.75) is 38.5 Å². The Kier molecular flexibility index (Phi) is 4.09. The molecule has 0 aliphatic heterocycles. The molecule has 1 fully saturated rings. The Morgan fingerprint density at radius 1 is 1.26 bits per heavy atom. The van der Waals surface area contributed by atoms with Crippen molar-refractivity contribution in [3.8, 4) is 5.69 Å². The Morgan fingerprint density at radius 2 is 1.91 bits per heavy atom. The van der Waals surface area contributed by atoms with Crippen molar-refractivity contribution in [3.63, 3.8) is 0 Å². The summed E-state index contributed by atoms with van der Waals surface area (Å²) in [7, 11) is 2.01. The van der Waals surface area contributed by atoms with Gasteiger partial charge in [0.1, 0.15) is 0 Å². The van der Waals surface area contributed by atoms with E-state index in [9.17, 15) is 13.2 Å². The Labute approximate surface area is 132 Å². The van der Waals surface area contributed by atoms with Crippen LogP contribution in [0, 0.1) is 5.92 Å². The lowest BCUT2D eigenvalue weighted by Gasteiger charge is -2.23. The molecule has 1 aliphatic carbocycles. The molecule has 8 heteroatoms. The maximum absolute atomic E-state index is 12.6. The first-order valence-electron chi connectivity index (χ1n) is 7.51. The molecule has 1 heterocycles. The summed E-state index contributed by atoms with van der Waals surface area (Å²) in [6, 6.07) is 5.28. The molecule has 0 radical (unpaired) electrons. The standard InChI is InChI=1S/C15H18F3N5/c1-10(11-3-4-11)22(2)9-14-19-20-21-23(14)13-7-5-12(6-8-13)15(16,17)18/h5-8,10-11H,3-4,9H2,1-2H3. The fourth-order valence-electron chi connectivity index (χ4n) is 2.60. The Bertz CT molecular complexity index is 660. The van der Waals surface area contributed by atoms with Crippen LogP contribution in [0.2, 0.25) is 0 Å². The number of alkyl halides is 3. The van der Waals surface area contributed by atoms with Crippen molar-refractivity contribution in [1.82, 2.24) is 25.1 Å². The second-order valence-corrected chi connectivity index (χ2v) is 6.04. The second kappa shape index (κ2) is 5.92. The van der Waals surface area contributed by atoms with Crippen molar-refractivity contribution in [2.75, 3.05) is 7.05 Å². The van der Waals surface area contributed by atoms with Crippen molar-refractivity contribution in [1.29, 1.82) is 0 Å². The second-order valence-electron chi connectivity index (χ2n) is 6.04. The normalized spacial score (nSPS) is 16.8.